The van der Waals surface area contributed by atoms with Crippen LogP contribution in [0.4, 0.5) is 34.5 Å². The molecule has 2 fully saturated rings. The van der Waals surface area contributed by atoms with Gasteiger partial charge >= 0.3 is 0 Å². The van der Waals surface area contributed by atoms with Gasteiger partial charge in [0.25, 0.3) is 0 Å². The van der Waals surface area contributed by atoms with Gasteiger partial charge in [0, 0.05) is 71.1 Å². The predicted molar refractivity (Wildman–Crippen MR) is 186 cm³/mol. The normalized spacial score (nSPS) is 16.1. The van der Waals surface area contributed by atoms with E-state index in [1.807, 2.05) is 57.2 Å². The molecule has 0 spiro atoms. The molecule has 3 N–H and O–H groups in total. The molecule has 2 aliphatic heterocycles. The number of carbonyl (C=O) groups excluding carboxylic acids is 1. The smallest absolute Gasteiger partial charge is 0.229 e. The van der Waals surface area contributed by atoms with Crippen LogP contribution in [-0.2, 0) is 9.53 Å². The van der Waals surface area contributed by atoms with Crippen molar-refractivity contribution in [2.75, 3.05) is 80.4 Å². The lowest BCUT2D eigenvalue weighted by molar-refractivity contribution is -0.115. The predicted octanol–water partition coefficient (Wildman–Crippen LogP) is 5.20. The third-order valence-electron chi connectivity index (χ3n) is 8.62. The maximum atomic E-state index is 12.6. The summed E-state index contributed by atoms with van der Waals surface area (Å²) in [5.41, 5.74) is 3.37. The molecule has 2 aromatic carbocycles. The van der Waals surface area contributed by atoms with Gasteiger partial charge in [0.05, 0.1) is 36.0 Å². The van der Waals surface area contributed by atoms with E-state index in [1.54, 1.807) is 7.11 Å². The van der Waals surface area contributed by atoms with Gasteiger partial charge in [0.15, 0.2) is 5.82 Å². The fourth-order valence-electron chi connectivity index (χ4n) is 6.04. The molecule has 0 unspecified atom stereocenters. The molecule has 1 aromatic heterocycles. The zero-order valence-electron chi connectivity index (χ0n) is 28.0. The Kier molecular flexibility index (Phi) is 11.8. The van der Waals surface area contributed by atoms with Crippen LogP contribution in [0.25, 0.3) is 0 Å². The van der Waals surface area contributed by atoms with Gasteiger partial charge < -0.3 is 30.3 Å². The Morgan fingerprint density at radius 2 is 1.79 bits per heavy atom. The van der Waals surface area contributed by atoms with Crippen molar-refractivity contribution in [2.45, 2.75) is 52.2 Å². The van der Waals surface area contributed by atoms with Crippen molar-refractivity contribution in [2.24, 2.45) is 0 Å². The second-order valence-electron chi connectivity index (χ2n) is 12.2. The highest BCUT2D eigenvalue weighted by Crippen LogP contribution is 2.33. The van der Waals surface area contributed by atoms with Gasteiger partial charge in [0.1, 0.15) is 17.4 Å². The number of nitrogens with zero attached hydrogens (tertiary/aromatic N) is 6. The lowest BCUT2D eigenvalue weighted by atomic mass is 10.0. The topological polar surface area (TPSA) is 131 Å². The van der Waals surface area contributed by atoms with Crippen molar-refractivity contribution < 1.29 is 14.3 Å². The van der Waals surface area contributed by atoms with Crippen LogP contribution in [0.5, 0.6) is 5.75 Å². The number of nitriles is 1. The number of piperidine rings is 1. The zero-order valence-corrected chi connectivity index (χ0v) is 28.0. The Hall–Kier alpha value is -4.44. The molecule has 0 radical (unpaired) electrons. The number of ether oxygens (including phenoxy) is 2. The number of rotatable bonds is 13. The standard InChI is InChI=1S/C35H47N9O3/c1-5-33(45)38-31-22-28(43-14-12-27(13-15-43)44-18-16-42(17-19-44)20-21-46-4)10-11-29(31)40-35-37-24-26(23-36)34(41-35)39-30-8-6-7-9-32(30)47-25(2)3/h6-11,22,24-25,27H,5,12-21H2,1-4H3,(H,38,45)(H2,37,39,40,41). The number of carbonyl (C=O) groups is 1. The molecule has 1 amide bonds. The monoisotopic (exact) mass is 641 g/mol. The Labute approximate surface area is 278 Å². The average Bonchev–Trinajstić information content (AvgIpc) is 3.09. The Bertz CT molecular complexity index is 1530. The van der Waals surface area contributed by atoms with Crippen LogP contribution >= 0.6 is 0 Å². The van der Waals surface area contributed by atoms with Gasteiger partial charge in [-0.25, -0.2) is 4.98 Å². The summed E-state index contributed by atoms with van der Waals surface area (Å²) in [5.74, 6) is 1.21. The molecule has 3 heterocycles. The molecule has 250 valence electrons. The molecule has 2 aliphatic rings. The van der Waals surface area contributed by atoms with Gasteiger partial charge in [-0.05, 0) is 57.0 Å². The van der Waals surface area contributed by atoms with Crippen LogP contribution in [0.1, 0.15) is 45.6 Å². The van der Waals surface area contributed by atoms with E-state index in [4.69, 9.17) is 9.47 Å². The van der Waals surface area contributed by atoms with Crippen LogP contribution < -0.4 is 25.6 Å². The maximum absolute atomic E-state index is 12.6. The van der Waals surface area contributed by atoms with Gasteiger partial charge in [0.2, 0.25) is 11.9 Å². The number of nitrogens with one attached hydrogen (secondary N) is 3. The first-order valence-electron chi connectivity index (χ1n) is 16.6. The van der Waals surface area contributed by atoms with Crippen LogP contribution in [0.3, 0.4) is 0 Å². The Balaban J connectivity index is 1.28. The van der Waals surface area contributed by atoms with E-state index in [9.17, 15) is 10.1 Å². The van der Waals surface area contributed by atoms with Crippen molar-refractivity contribution in [3.8, 4) is 11.8 Å². The van der Waals surface area contributed by atoms with Gasteiger partial charge in [-0.2, -0.15) is 10.2 Å². The molecule has 3 aromatic rings. The summed E-state index contributed by atoms with van der Waals surface area (Å²) in [6.45, 7) is 13.9. The minimum atomic E-state index is -0.0848. The summed E-state index contributed by atoms with van der Waals surface area (Å²) >= 11 is 0. The molecule has 47 heavy (non-hydrogen) atoms. The molecule has 12 heteroatoms. The first-order chi connectivity index (χ1) is 22.9. The minimum Gasteiger partial charge on any atom is -0.489 e. The van der Waals surface area contributed by atoms with E-state index in [2.05, 4.69) is 52.8 Å². The summed E-state index contributed by atoms with van der Waals surface area (Å²) in [7, 11) is 1.76. The van der Waals surface area contributed by atoms with Crippen molar-refractivity contribution in [3.63, 3.8) is 0 Å². The number of benzene rings is 2. The first kappa shape index (κ1) is 33.9. The lowest BCUT2D eigenvalue weighted by Gasteiger charge is -2.43. The fourth-order valence-corrected chi connectivity index (χ4v) is 6.04. The van der Waals surface area contributed by atoms with Crippen molar-refractivity contribution >= 4 is 40.4 Å². The minimum absolute atomic E-state index is 0.0189. The van der Waals surface area contributed by atoms with E-state index in [0.29, 0.717) is 46.7 Å². The third kappa shape index (κ3) is 9.10. The number of aromatic nitrogens is 2. The van der Waals surface area contributed by atoms with Gasteiger partial charge in [-0.15, -0.1) is 0 Å². The number of methoxy groups -OCH3 is 1. The highest BCUT2D eigenvalue weighted by molar-refractivity contribution is 5.95. The van der Waals surface area contributed by atoms with Crippen LogP contribution in [0, 0.1) is 11.3 Å². The lowest BCUT2D eigenvalue weighted by Crippen LogP contribution is -2.53. The van der Waals surface area contributed by atoms with E-state index in [-0.39, 0.29) is 18.0 Å². The SMILES string of the molecule is CCC(=O)Nc1cc(N2CCC(N3CCN(CCOC)CC3)CC2)ccc1Nc1ncc(C#N)c(Nc2ccccc2OC(C)C)n1. The number of para-hydroxylation sites is 2. The number of hydrogen-bond acceptors (Lipinski definition) is 11. The molecule has 2 saturated heterocycles. The molecule has 12 nitrogen and oxygen atoms in total. The number of amides is 1. The van der Waals surface area contributed by atoms with Crippen molar-refractivity contribution in [1.29, 1.82) is 5.26 Å². The van der Waals surface area contributed by atoms with E-state index in [1.165, 1.54) is 6.20 Å². The summed E-state index contributed by atoms with van der Waals surface area (Å²) in [6, 6.07) is 16.3. The Morgan fingerprint density at radius 1 is 1.02 bits per heavy atom. The molecular formula is C35H47N9O3. The maximum Gasteiger partial charge on any atom is 0.229 e. The summed E-state index contributed by atoms with van der Waals surface area (Å²) < 4.78 is 11.2. The van der Waals surface area contributed by atoms with E-state index < -0.39 is 0 Å². The summed E-state index contributed by atoms with van der Waals surface area (Å²) in [5, 5.41) is 19.3. The third-order valence-corrected chi connectivity index (χ3v) is 8.62. The number of piperazine rings is 1. The molecule has 0 aliphatic carbocycles. The highest BCUT2D eigenvalue weighted by Gasteiger charge is 2.28. The summed E-state index contributed by atoms with van der Waals surface area (Å²) in [4.78, 5) is 29.1. The van der Waals surface area contributed by atoms with E-state index in [0.717, 1.165) is 70.9 Å². The number of hydrogen-bond donors (Lipinski definition) is 3. The molecule has 0 saturated carbocycles. The van der Waals surface area contributed by atoms with Crippen molar-refractivity contribution in [1.82, 2.24) is 19.8 Å². The van der Waals surface area contributed by atoms with Crippen LogP contribution in [0.2, 0.25) is 0 Å². The molecule has 0 atom stereocenters. The molecular weight excluding hydrogens is 594 g/mol. The van der Waals surface area contributed by atoms with Gasteiger partial charge in [-0.1, -0.05) is 19.1 Å². The van der Waals surface area contributed by atoms with Crippen molar-refractivity contribution in [3.05, 3.63) is 54.2 Å². The number of anilines is 6. The van der Waals surface area contributed by atoms with E-state index >= 15 is 0 Å². The Morgan fingerprint density at radius 3 is 2.49 bits per heavy atom. The zero-order chi connectivity index (χ0) is 33.2. The second kappa shape index (κ2) is 16.4. The average molecular weight is 642 g/mol. The van der Waals surface area contributed by atoms with Gasteiger partial charge in [-0.3, -0.25) is 14.6 Å². The quantitative estimate of drug-likeness (QED) is 0.228. The van der Waals surface area contributed by atoms with Crippen LogP contribution in [0.15, 0.2) is 48.7 Å². The summed E-state index contributed by atoms with van der Waals surface area (Å²) in [6.07, 6.45) is 4.03. The second-order valence-corrected chi connectivity index (χ2v) is 12.2. The molecule has 5 rings (SSSR count). The largest absolute Gasteiger partial charge is 0.489 e. The van der Waals surface area contributed by atoms with Crippen LogP contribution in [-0.4, -0.2) is 97.4 Å². The molecule has 0 bridgehead atoms. The highest BCUT2D eigenvalue weighted by atomic mass is 16.5. The first-order valence-corrected chi connectivity index (χ1v) is 16.6. The fraction of sp³-hybridized carbons (Fsp3) is 0.486.